The molecular weight excluding hydrogens is 264 g/mol. The topological polar surface area (TPSA) is 55.1 Å². The van der Waals surface area contributed by atoms with Crippen LogP contribution >= 0.6 is 0 Å². The van der Waals surface area contributed by atoms with Gasteiger partial charge >= 0.3 is 5.69 Å². The molecule has 0 aliphatic heterocycles. The summed E-state index contributed by atoms with van der Waals surface area (Å²) in [6, 6.07) is 0. The van der Waals surface area contributed by atoms with Gasteiger partial charge in [-0.3, -0.25) is 4.57 Å². The van der Waals surface area contributed by atoms with E-state index in [2.05, 4.69) is 4.98 Å². The number of aromatic nitrogens is 2. The lowest BCUT2D eigenvalue weighted by atomic mass is 9.48. The lowest BCUT2D eigenvalue weighted by Crippen LogP contribution is -2.53. The molecule has 1 atom stereocenters. The van der Waals surface area contributed by atoms with Crippen LogP contribution in [0.25, 0.3) is 0 Å². The van der Waals surface area contributed by atoms with Crippen LogP contribution in [-0.4, -0.2) is 20.8 Å². The number of nitrogens with zero attached hydrogens (tertiary/aromatic N) is 2. The summed E-state index contributed by atoms with van der Waals surface area (Å²) in [6.45, 7) is 2.33. The van der Waals surface area contributed by atoms with Gasteiger partial charge in [0.15, 0.2) is 0 Å². The van der Waals surface area contributed by atoms with E-state index >= 15 is 0 Å². The maximum Gasteiger partial charge on any atom is 0.347 e. The predicted octanol–water partition coefficient (Wildman–Crippen LogP) is 2.13. The average molecular weight is 288 g/mol. The summed E-state index contributed by atoms with van der Waals surface area (Å²) < 4.78 is 1.60. The molecule has 4 saturated carbocycles. The Kier molecular flexibility index (Phi) is 3.00. The molecule has 0 amide bonds. The number of hydrogen-bond acceptors (Lipinski definition) is 3. The maximum absolute atomic E-state index is 11.9. The van der Waals surface area contributed by atoms with Gasteiger partial charge in [-0.1, -0.05) is 0 Å². The second-order valence-corrected chi connectivity index (χ2v) is 7.86. The van der Waals surface area contributed by atoms with E-state index in [-0.39, 0.29) is 11.1 Å². The third kappa shape index (κ3) is 2.24. The summed E-state index contributed by atoms with van der Waals surface area (Å²) >= 11 is 0. The monoisotopic (exact) mass is 288 g/mol. The summed E-state index contributed by atoms with van der Waals surface area (Å²) in [5, 5.41) is 10.9. The Bertz CT molecular complexity index is 572. The van der Waals surface area contributed by atoms with E-state index in [0.29, 0.717) is 6.54 Å². The lowest BCUT2D eigenvalue weighted by molar-refractivity contribution is -0.124. The predicted molar refractivity (Wildman–Crippen MR) is 79.8 cm³/mol. The summed E-state index contributed by atoms with van der Waals surface area (Å²) in [6.07, 6.45) is 10.6. The molecule has 0 aromatic carbocycles. The fraction of sp³-hybridized carbons (Fsp3) is 0.765. The SMILES string of the molecule is Cc1cnc(=O)n(CC(O)C23CC4CC(CC(C4)C2)C3)c1. The van der Waals surface area contributed by atoms with E-state index in [0.717, 1.165) is 42.6 Å². The average Bonchev–Trinajstić information content (AvgIpc) is 2.41. The summed E-state index contributed by atoms with van der Waals surface area (Å²) in [5.74, 6) is 2.45. The van der Waals surface area contributed by atoms with Gasteiger partial charge in [0.1, 0.15) is 0 Å². The second kappa shape index (κ2) is 4.67. The maximum atomic E-state index is 11.9. The van der Waals surface area contributed by atoms with Crippen molar-refractivity contribution in [2.24, 2.45) is 23.2 Å². The molecular formula is C17H24N2O2. The van der Waals surface area contributed by atoms with Crippen LogP contribution in [0.1, 0.15) is 44.1 Å². The normalized spacial score (nSPS) is 38.7. The van der Waals surface area contributed by atoms with Crippen LogP contribution in [0, 0.1) is 30.1 Å². The highest BCUT2D eigenvalue weighted by atomic mass is 16.3. The van der Waals surface area contributed by atoms with Crippen molar-refractivity contribution in [2.75, 3.05) is 0 Å². The van der Waals surface area contributed by atoms with Gasteiger partial charge in [-0.05, 0) is 74.2 Å². The molecule has 21 heavy (non-hydrogen) atoms. The van der Waals surface area contributed by atoms with E-state index in [1.807, 2.05) is 13.1 Å². The zero-order valence-corrected chi connectivity index (χ0v) is 12.7. The van der Waals surface area contributed by atoms with Crippen LogP contribution in [0.4, 0.5) is 0 Å². The lowest BCUT2D eigenvalue weighted by Gasteiger charge is -2.58. The molecule has 4 nitrogen and oxygen atoms in total. The van der Waals surface area contributed by atoms with Crippen LogP contribution in [0.2, 0.25) is 0 Å². The molecule has 1 unspecified atom stereocenters. The summed E-state index contributed by atoms with van der Waals surface area (Å²) in [4.78, 5) is 15.7. The zero-order chi connectivity index (χ0) is 14.6. The molecule has 5 rings (SSSR count). The molecule has 114 valence electrons. The fourth-order valence-corrected chi connectivity index (χ4v) is 5.66. The standard InChI is InChI=1S/C17H24N2O2/c1-11-8-18-16(21)19(9-11)10-15(20)17-5-12-2-13(6-17)4-14(3-12)7-17/h8-9,12-15,20H,2-7,10H2,1H3. The highest BCUT2D eigenvalue weighted by Gasteiger charge is 2.53. The highest BCUT2D eigenvalue weighted by molar-refractivity contribution is 5.05. The number of aliphatic hydroxyl groups excluding tert-OH is 1. The molecule has 0 spiro atoms. The number of rotatable bonds is 3. The van der Waals surface area contributed by atoms with Gasteiger partial charge in [0, 0.05) is 12.4 Å². The van der Waals surface area contributed by atoms with E-state index in [4.69, 9.17) is 0 Å². The van der Waals surface area contributed by atoms with Crippen molar-refractivity contribution < 1.29 is 5.11 Å². The van der Waals surface area contributed by atoms with Crippen LogP contribution < -0.4 is 5.69 Å². The Balaban J connectivity index is 1.58. The highest BCUT2D eigenvalue weighted by Crippen LogP contribution is 2.61. The largest absolute Gasteiger partial charge is 0.391 e. The van der Waals surface area contributed by atoms with E-state index in [1.54, 1.807) is 10.8 Å². The van der Waals surface area contributed by atoms with Crippen molar-refractivity contribution in [3.63, 3.8) is 0 Å². The smallest absolute Gasteiger partial charge is 0.347 e. The third-order valence-electron chi connectivity index (χ3n) is 6.15. The van der Waals surface area contributed by atoms with Gasteiger partial charge in [0.05, 0.1) is 12.6 Å². The van der Waals surface area contributed by atoms with Crippen molar-refractivity contribution in [3.05, 3.63) is 28.4 Å². The first-order valence-electron chi connectivity index (χ1n) is 8.25. The van der Waals surface area contributed by atoms with Gasteiger partial charge in [0.25, 0.3) is 0 Å². The molecule has 0 saturated heterocycles. The van der Waals surface area contributed by atoms with E-state index in [1.165, 1.54) is 19.3 Å². The molecule has 1 N–H and O–H groups in total. The molecule has 1 aromatic rings. The Morgan fingerprint density at radius 3 is 2.43 bits per heavy atom. The second-order valence-electron chi connectivity index (χ2n) is 7.86. The number of hydrogen-bond donors (Lipinski definition) is 1. The molecule has 0 radical (unpaired) electrons. The van der Waals surface area contributed by atoms with Gasteiger partial charge < -0.3 is 5.11 Å². The minimum Gasteiger partial charge on any atom is -0.391 e. The van der Waals surface area contributed by atoms with Crippen molar-refractivity contribution in [1.82, 2.24) is 9.55 Å². The van der Waals surface area contributed by atoms with Gasteiger partial charge in [-0.25, -0.2) is 9.78 Å². The Hall–Kier alpha value is -1.16. The van der Waals surface area contributed by atoms with Gasteiger partial charge in [-0.2, -0.15) is 0 Å². The molecule has 4 aliphatic carbocycles. The zero-order valence-electron chi connectivity index (χ0n) is 12.7. The van der Waals surface area contributed by atoms with Crippen LogP contribution in [0.5, 0.6) is 0 Å². The van der Waals surface area contributed by atoms with E-state index < -0.39 is 6.10 Å². The fourth-order valence-electron chi connectivity index (χ4n) is 5.66. The Morgan fingerprint density at radius 1 is 1.29 bits per heavy atom. The molecule has 4 aliphatic rings. The Labute approximate surface area is 125 Å². The van der Waals surface area contributed by atoms with E-state index in [9.17, 15) is 9.90 Å². The molecule has 4 bridgehead atoms. The molecule has 1 aromatic heterocycles. The molecule has 4 heteroatoms. The van der Waals surface area contributed by atoms with Crippen LogP contribution in [0.15, 0.2) is 17.2 Å². The van der Waals surface area contributed by atoms with Gasteiger partial charge in [-0.15, -0.1) is 0 Å². The minimum atomic E-state index is -0.410. The van der Waals surface area contributed by atoms with Gasteiger partial charge in [0.2, 0.25) is 0 Å². The van der Waals surface area contributed by atoms with Crippen molar-refractivity contribution in [1.29, 1.82) is 0 Å². The number of aryl methyl sites for hydroxylation is 1. The summed E-state index contributed by atoms with van der Waals surface area (Å²) in [7, 11) is 0. The first kappa shape index (κ1) is 13.5. The van der Waals surface area contributed by atoms with Crippen LogP contribution in [0.3, 0.4) is 0 Å². The first-order chi connectivity index (χ1) is 10.0. The summed E-state index contributed by atoms with van der Waals surface area (Å²) in [5.41, 5.74) is 0.787. The Morgan fingerprint density at radius 2 is 1.86 bits per heavy atom. The van der Waals surface area contributed by atoms with Crippen LogP contribution in [-0.2, 0) is 6.54 Å². The minimum absolute atomic E-state index is 0.0674. The first-order valence-corrected chi connectivity index (χ1v) is 8.25. The third-order valence-corrected chi connectivity index (χ3v) is 6.15. The molecule has 4 fully saturated rings. The van der Waals surface area contributed by atoms with Crippen molar-refractivity contribution >= 4 is 0 Å². The quantitative estimate of drug-likeness (QED) is 0.927. The number of aliphatic hydroxyl groups is 1. The molecule has 1 heterocycles. The van der Waals surface area contributed by atoms with Crippen molar-refractivity contribution in [2.45, 2.75) is 58.1 Å². The van der Waals surface area contributed by atoms with Crippen molar-refractivity contribution in [3.8, 4) is 0 Å².